The van der Waals surface area contributed by atoms with Gasteiger partial charge in [0.05, 0.1) is 23.3 Å². The van der Waals surface area contributed by atoms with Crippen molar-refractivity contribution in [1.82, 2.24) is 14.6 Å². The van der Waals surface area contributed by atoms with Crippen LogP contribution in [0.25, 0.3) is 5.52 Å². The number of hydrogen-bond acceptors (Lipinski definition) is 6. The first kappa shape index (κ1) is 15.4. The second-order valence-corrected chi connectivity index (χ2v) is 5.95. The minimum absolute atomic E-state index is 0.0883. The Morgan fingerprint density at radius 2 is 2.17 bits per heavy atom. The quantitative estimate of drug-likeness (QED) is 0.734. The lowest BCUT2D eigenvalue weighted by molar-refractivity contribution is 0.0605. The lowest BCUT2D eigenvalue weighted by atomic mass is 10.3. The van der Waals surface area contributed by atoms with E-state index in [1.807, 2.05) is 0 Å². The first-order valence-corrected chi connectivity index (χ1v) is 7.70. The smallest absolute Gasteiger partial charge is 0.350 e. The second kappa shape index (κ2) is 5.98. The van der Waals surface area contributed by atoms with Crippen molar-refractivity contribution < 1.29 is 14.3 Å². The number of pyridine rings is 1. The number of ether oxygens (including phenoxy) is 1. The molecule has 0 saturated heterocycles. The van der Waals surface area contributed by atoms with E-state index in [1.54, 1.807) is 31.3 Å². The van der Waals surface area contributed by atoms with Crippen LogP contribution in [0.1, 0.15) is 25.9 Å². The Morgan fingerprint density at radius 3 is 2.87 bits per heavy atom. The molecule has 3 heterocycles. The summed E-state index contributed by atoms with van der Waals surface area (Å²) >= 11 is 7.22. The van der Waals surface area contributed by atoms with Gasteiger partial charge in [-0.3, -0.25) is 10.1 Å². The fourth-order valence-corrected chi connectivity index (χ4v) is 3.15. The number of halogens is 1. The van der Waals surface area contributed by atoms with E-state index in [1.165, 1.54) is 11.6 Å². The number of carbonyl (C=O) groups is 2. The monoisotopic (exact) mass is 350 g/mol. The maximum Gasteiger partial charge on any atom is 0.350 e. The van der Waals surface area contributed by atoms with E-state index in [9.17, 15) is 9.59 Å². The number of aromatic nitrogens is 3. The summed E-state index contributed by atoms with van der Waals surface area (Å²) in [5, 5.41) is 7.28. The van der Waals surface area contributed by atoms with Gasteiger partial charge in [-0.15, -0.1) is 0 Å². The average molecular weight is 351 g/mol. The van der Waals surface area contributed by atoms with Crippen molar-refractivity contribution in [3.8, 4) is 0 Å². The number of carbonyl (C=O) groups excluding carboxylic acids is 2. The number of nitrogens with zero attached hydrogens (tertiary/aromatic N) is 3. The van der Waals surface area contributed by atoms with E-state index >= 15 is 0 Å². The minimum atomic E-state index is -0.496. The number of anilines is 1. The number of rotatable bonds is 3. The van der Waals surface area contributed by atoms with Gasteiger partial charge < -0.3 is 4.74 Å². The van der Waals surface area contributed by atoms with Crippen LogP contribution < -0.4 is 5.32 Å². The second-order valence-electron chi connectivity index (χ2n) is 4.57. The van der Waals surface area contributed by atoms with E-state index in [2.05, 4.69) is 20.1 Å². The summed E-state index contributed by atoms with van der Waals surface area (Å²) in [4.78, 5) is 28.4. The van der Waals surface area contributed by atoms with Crippen LogP contribution in [0.4, 0.5) is 5.13 Å². The Balaban J connectivity index is 1.89. The molecule has 0 atom stereocenters. The lowest BCUT2D eigenvalue weighted by Gasteiger charge is -1.97. The standard InChI is InChI=1S/C14H11ClN4O3S/c1-7-11(13(21)22-2)23-14(16-7)17-12(20)10-9(15)8-5-3-4-6-19(8)18-10/h3-6H,1-2H3,(H,16,17,20). The lowest BCUT2D eigenvalue weighted by Crippen LogP contribution is -2.13. The molecule has 3 rings (SSSR count). The molecule has 9 heteroatoms. The fourth-order valence-electron chi connectivity index (χ4n) is 2.00. The maximum absolute atomic E-state index is 12.3. The Labute approximate surface area is 139 Å². The van der Waals surface area contributed by atoms with E-state index in [4.69, 9.17) is 11.6 Å². The van der Waals surface area contributed by atoms with Crippen LogP contribution in [0.2, 0.25) is 5.02 Å². The van der Waals surface area contributed by atoms with Gasteiger partial charge in [-0.2, -0.15) is 5.10 Å². The molecular formula is C14H11ClN4O3S. The van der Waals surface area contributed by atoms with Crippen molar-refractivity contribution >= 4 is 45.5 Å². The Morgan fingerprint density at radius 1 is 1.39 bits per heavy atom. The van der Waals surface area contributed by atoms with Crippen LogP contribution in [-0.2, 0) is 4.74 Å². The zero-order chi connectivity index (χ0) is 16.6. The molecular weight excluding hydrogens is 340 g/mol. The predicted octanol–water partition coefficient (Wildman–Crippen LogP) is 2.79. The summed E-state index contributed by atoms with van der Waals surface area (Å²) in [6.07, 6.45) is 1.70. The highest BCUT2D eigenvalue weighted by atomic mass is 35.5. The van der Waals surface area contributed by atoms with Crippen molar-refractivity contribution in [1.29, 1.82) is 0 Å². The SMILES string of the molecule is COC(=O)c1sc(NC(=O)c2nn3ccccc3c2Cl)nc1C. The zero-order valence-electron chi connectivity index (χ0n) is 12.2. The number of amides is 1. The number of hydrogen-bond donors (Lipinski definition) is 1. The van der Waals surface area contributed by atoms with Crippen LogP contribution >= 0.6 is 22.9 Å². The average Bonchev–Trinajstić information content (AvgIpc) is 3.07. The third kappa shape index (κ3) is 2.78. The number of nitrogens with one attached hydrogen (secondary N) is 1. The largest absolute Gasteiger partial charge is 0.465 e. The van der Waals surface area contributed by atoms with E-state index in [-0.39, 0.29) is 15.8 Å². The van der Waals surface area contributed by atoms with Crippen LogP contribution in [0.3, 0.4) is 0 Å². The Bertz CT molecular complexity index is 918. The Hall–Kier alpha value is -2.45. The minimum Gasteiger partial charge on any atom is -0.465 e. The summed E-state index contributed by atoms with van der Waals surface area (Å²) in [6, 6.07) is 5.34. The van der Waals surface area contributed by atoms with Crippen LogP contribution in [0, 0.1) is 6.92 Å². The van der Waals surface area contributed by atoms with E-state index < -0.39 is 11.9 Å². The first-order valence-electron chi connectivity index (χ1n) is 6.51. The molecule has 7 nitrogen and oxygen atoms in total. The molecule has 0 fully saturated rings. The molecule has 0 radical (unpaired) electrons. The highest BCUT2D eigenvalue weighted by Gasteiger charge is 2.21. The van der Waals surface area contributed by atoms with Crippen LogP contribution in [-0.4, -0.2) is 33.6 Å². The summed E-state index contributed by atoms with van der Waals surface area (Å²) in [5.41, 5.74) is 1.20. The zero-order valence-corrected chi connectivity index (χ0v) is 13.7. The maximum atomic E-state index is 12.3. The Kier molecular flexibility index (Phi) is 4.01. The van der Waals surface area contributed by atoms with Crippen molar-refractivity contribution in [3.63, 3.8) is 0 Å². The molecule has 0 saturated carbocycles. The normalized spacial score (nSPS) is 10.7. The van der Waals surface area contributed by atoms with Gasteiger partial charge in [-0.25, -0.2) is 14.3 Å². The van der Waals surface area contributed by atoms with Crippen molar-refractivity contribution in [2.45, 2.75) is 6.92 Å². The molecule has 3 aromatic heterocycles. The number of esters is 1. The van der Waals surface area contributed by atoms with Gasteiger partial charge in [0.1, 0.15) is 4.88 Å². The third-order valence-corrected chi connectivity index (χ3v) is 4.51. The van der Waals surface area contributed by atoms with Crippen molar-refractivity contribution in [2.75, 3.05) is 12.4 Å². The number of fused-ring (bicyclic) bond motifs is 1. The van der Waals surface area contributed by atoms with E-state index in [0.29, 0.717) is 16.1 Å². The summed E-state index contributed by atoms with van der Waals surface area (Å²) in [6.45, 7) is 1.66. The highest BCUT2D eigenvalue weighted by molar-refractivity contribution is 7.17. The molecule has 0 spiro atoms. The first-order chi connectivity index (χ1) is 11.0. The van der Waals surface area contributed by atoms with Gasteiger partial charge in [-0.05, 0) is 19.1 Å². The van der Waals surface area contributed by atoms with E-state index in [0.717, 1.165) is 11.3 Å². The predicted molar refractivity (Wildman–Crippen MR) is 86.3 cm³/mol. The third-order valence-electron chi connectivity index (χ3n) is 3.08. The van der Waals surface area contributed by atoms with Gasteiger partial charge in [0, 0.05) is 6.20 Å². The molecule has 118 valence electrons. The molecule has 1 N–H and O–H groups in total. The molecule has 1 amide bonds. The summed E-state index contributed by atoms with van der Waals surface area (Å²) < 4.78 is 6.18. The van der Waals surface area contributed by atoms with Crippen LogP contribution in [0.15, 0.2) is 24.4 Å². The van der Waals surface area contributed by atoms with Crippen molar-refractivity contribution in [2.24, 2.45) is 0 Å². The molecule has 0 aliphatic heterocycles. The summed E-state index contributed by atoms with van der Waals surface area (Å²) in [5.74, 6) is -0.991. The van der Waals surface area contributed by atoms with Gasteiger partial charge in [0.25, 0.3) is 5.91 Å². The molecule has 0 aliphatic rings. The highest BCUT2D eigenvalue weighted by Crippen LogP contribution is 2.26. The summed E-state index contributed by atoms with van der Waals surface area (Å²) in [7, 11) is 1.29. The molecule has 0 aliphatic carbocycles. The van der Waals surface area contributed by atoms with Gasteiger partial charge in [0.2, 0.25) is 0 Å². The molecule has 0 unspecified atom stereocenters. The molecule has 0 bridgehead atoms. The van der Waals surface area contributed by atoms with Crippen LogP contribution in [0.5, 0.6) is 0 Å². The number of thiazole rings is 1. The number of methoxy groups -OCH3 is 1. The molecule has 0 aromatic carbocycles. The molecule has 3 aromatic rings. The fraction of sp³-hybridized carbons (Fsp3) is 0.143. The van der Waals surface area contributed by atoms with Gasteiger partial charge in [0.15, 0.2) is 10.8 Å². The number of aryl methyl sites for hydroxylation is 1. The van der Waals surface area contributed by atoms with Gasteiger partial charge in [-0.1, -0.05) is 29.0 Å². The van der Waals surface area contributed by atoms with Gasteiger partial charge >= 0.3 is 5.97 Å². The van der Waals surface area contributed by atoms with Crippen molar-refractivity contribution in [3.05, 3.63) is 45.7 Å². The molecule has 23 heavy (non-hydrogen) atoms. The topological polar surface area (TPSA) is 85.6 Å².